The van der Waals surface area contributed by atoms with E-state index in [1.807, 2.05) is 0 Å². The van der Waals surface area contributed by atoms with Crippen molar-refractivity contribution in [1.29, 1.82) is 0 Å². The van der Waals surface area contributed by atoms with E-state index < -0.39 is 33.6 Å². The number of rotatable bonds is 9. The van der Waals surface area contributed by atoms with Crippen molar-refractivity contribution in [2.24, 2.45) is 0 Å². The first-order valence-electron chi connectivity index (χ1n) is 6.22. The number of urea groups is 1. The topological polar surface area (TPSA) is 134 Å². The molecular weight excluding hydrogens is 302 g/mol. The van der Waals surface area contributed by atoms with Crippen LogP contribution in [0.3, 0.4) is 0 Å². The van der Waals surface area contributed by atoms with Gasteiger partial charge in [0.2, 0.25) is 10.0 Å². The standard InChI is InChI=1S/C11H23N3O6S/c1-11(2,14-21(4,18)19)7-12-10(17)13-8(9(15)16)5-6-20-3/h8,14H,5-7H2,1-4H3,(H,15,16)(H2,12,13,17). The van der Waals surface area contributed by atoms with Gasteiger partial charge in [-0.1, -0.05) is 0 Å². The Bertz CT molecular complexity index is 463. The number of hydrogen-bond donors (Lipinski definition) is 4. The quantitative estimate of drug-likeness (QED) is 0.434. The SMILES string of the molecule is COCCC(NC(=O)NCC(C)(C)NS(C)(=O)=O)C(=O)O. The lowest BCUT2D eigenvalue weighted by Crippen LogP contribution is -2.54. The number of carbonyl (C=O) groups excluding carboxylic acids is 1. The van der Waals surface area contributed by atoms with Gasteiger partial charge in [-0.25, -0.2) is 22.7 Å². The third-order valence-corrected chi connectivity index (χ3v) is 3.29. The summed E-state index contributed by atoms with van der Waals surface area (Å²) in [6.07, 6.45) is 1.14. The van der Waals surface area contributed by atoms with Crippen molar-refractivity contribution in [1.82, 2.24) is 15.4 Å². The van der Waals surface area contributed by atoms with Crippen LogP contribution < -0.4 is 15.4 Å². The molecule has 21 heavy (non-hydrogen) atoms. The van der Waals surface area contributed by atoms with E-state index in [4.69, 9.17) is 9.84 Å². The first-order chi connectivity index (χ1) is 9.47. The summed E-state index contributed by atoms with van der Waals surface area (Å²) in [5, 5.41) is 13.6. The molecule has 0 aliphatic rings. The van der Waals surface area contributed by atoms with Crippen molar-refractivity contribution >= 4 is 22.0 Å². The number of amides is 2. The van der Waals surface area contributed by atoms with Crippen molar-refractivity contribution < 1.29 is 27.9 Å². The maximum atomic E-state index is 11.6. The highest BCUT2D eigenvalue weighted by molar-refractivity contribution is 7.88. The number of carbonyl (C=O) groups is 2. The fourth-order valence-electron chi connectivity index (χ4n) is 1.54. The number of nitrogens with one attached hydrogen (secondary N) is 3. The molecule has 0 bridgehead atoms. The highest BCUT2D eigenvalue weighted by Crippen LogP contribution is 2.02. The van der Waals surface area contributed by atoms with Crippen LogP contribution in [0.4, 0.5) is 4.79 Å². The van der Waals surface area contributed by atoms with Crippen LogP contribution in [0, 0.1) is 0 Å². The van der Waals surface area contributed by atoms with E-state index in [9.17, 15) is 18.0 Å². The van der Waals surface area contributed by atoms with E-state index >= 15 is 0 Å². The van der Waals surface area contributed by atoms with Crippen LogP contribution in [0.15, 0.2) is 0 Å². The van der Waals surface area contributed by atoms with Crippen LogP contribution in [0.25, 0.3) is 0 Å². The molecule has 0 aromatic carbocycles. The van der Waals surface area contributed by atoms with E-state index in [0.29, 0.717) is 0 Å². The number of ether oxygens (including phenoxy) is 1. The summed E-state index contributed by atoms with van der Waals surface area (Å²) in [5.41, 5.74) is -0.893. The molecule has 0 rings (SSSR count). The van der Waals surface area contributed by atoms with E-state index in [2.05, 4.69) is 15.4 Å². The molecule has 0 heterocycles. The molecule has 0 spiro atoms. The minimum absolute atomic E-state index is 0.00250. The Balaban J connectivity index is 4.39. The zero-order valence-corrected chi connectivity index (χ0v) is 13.4. The van der Waals surface area contributed by atoms with Crippen LogP contribution in [-0.4, -0.2) is 63.6 Å². The van der Waals surface area contributed by atoms with Gasteiger partial charge in [-0.05, 0) is 13.8 Å². The molecule has 0 aromatic heterocycles. The Morgan fingerprint density at radius 1 is 1.33 bits per heavy atom. The zero-order valence-electron chi connectivity index (χ0n) is 12.6. The zero-order chi connectivity index (χ0) is 16.7. The van der Waals surface area contributed by atoms with Crippen molar-refractivity contribution in [2.75, 3.05) is 26.5 Å². The molecule has 0 saturated heterocycles. The van der Waals surface area contributed by atoms with Crippen LogP contribution >= 0.6 is 0 Å². The molecule has 10 heteroatoms. The number of sulfonamides is 1. The summed E-state index contributed by atoms with van der Waals surface area (Å²) < 4.78 is 29.4. The van der Waals surface area contributed by atoms with Crippen molar-refractivity contribution in [3.05, 3.63) is 0 Å². The van der Waals surface area contributed by atoms with E-state index in [-0.39, 0.29) is 19.6 Å². The Morgan fingerprint density at radius 3 is 2.33 bits per heavy atom. The summed E-state index contributed by atoms with van der Waals surface area (Å²) >= 11 is 0. The van der Waals surface area contributed by atoms with Crippen molar-refractivity contribution in [2.45, 2.75) is 31.8 Å². The number of hydrogen-bond acceptors (Lipinski definition) is 5. The fraction of sp³-hybridized carbons (Fsp3) is 0.818. The van der Waals surface area contributed by atoms with Gasteiger partial charge in [0, 0.05) is 32.2 Å². The highest BCUT2D eigenvalue weighted by Gasteiger charge is 2.24. The van der Waals surface area contributed by atoms with Crippen LogP contribution in [0.1, 0.15) is 20.3 Å². The largest absolute Gasteiger partial charge is 0.480 e. The number of carboxylic acids is 1. The first-order valence-corrected chi connectivity index (χ1v) is 8.11. The molecule has 0 aromatic rings. The van der Waals surface area contributed by atoms with Gasteiger partial charge in [0.05, 0.1) is 6.26 Å². The molecule has 1 unspecified atom stereocenters. The van der Waals surface area contributed by atoms with Gasteiger partial charge in [-0.15, -0.1) is 0 Å². The van der Waals surface area contributed by atoms with Gasteiger partial charge in [0.1, 0.15) is 6.04 Å². The Morgan fingerprint density at radius 2 is 1.90 bits per heavy atom. The molecular formula is C11H23N3O6S. The summed E-state index contributed by atoms with van der Waals surface area (Å²) in [6, 6.07) is -1.77. The maximum absolute atomic E-state index is 11.6. The third kappa shape index (κ3) is 10.0. The predicted octanol–water partition coefficient (Wildman–Crippen LogP) is -0.897. The second kappa shape index (κ2) is 8.15. The summed E-state index contributed by atoms with van der Waals surface area (Å²) in [4.78, 5) is 22.6. The summed E-state index contributed by atoms with van der Waals surface area (Å²) in [7, 11) is -1.98. The second-order valence-corrected chi connectivity index (χ2v) is 7.01. The van der Waals surface area contributed by atoms with E-state index in [1.54, 1.807) is 13.8 Å². The molecule has 0 aliphatic carbocycles. The lowest BCUT2D eigenvalue weighted by Gasteiger charge is -2.25. The molecule has 4 N–H and O–H groups in total. The van der Waals surface area contributed by atoms with Crippen LogP contribution in [-0.2, 0) is 19.6 Å². The monoisotopic (exact) mass is 325 g/mol. The van der Waals surface area contributed by atoms with Gasteiger partial charge in [0.15, 0.2) is 0 Å². The Hall–Kier alpha value is -1.39. The van der Waals surface area contributed by atoms with Crippen LogP contribution in [0.2, 0.25) is 0 Å². The van der Waals surface area contributed by atoms with E-state index in [0.717, 1.165) is 6.26 Å². The molecule has 9 nitrogen and oxygen atoms in total. The minimum atomic E-state index is -3.41. The summed E-state index contributed by atoms with van der Waals surface area (Å²) in [6.45, 7) is 3.38. The van der Waals surface area contributed by atoms with Crippen LogP contribution in [0.5, 0.6) is 0 Å². The minimum Gasteiger partial charge on any atom is -0.480 e. The average Bonchev–Trinajstić information content (AvgIpc) is 2.28. The van der Waals surface area contributed by atoms with Gasteiger partial charge in [-0.3, -0.25) is 0 Å². The highest BCUT2D eigenvalue weighted by atomic mass is 32.2. The molecule has 1 atom stereocenters. The van der Waals surface area contributed by atoms with Crippen molar-refractivity contribution in [3.63, 3.8) is 0 Å². The predicted molar refractivity (Wildman–Crippen MR) is 76.5 cm³/mol. The van der Waals surface area contributed by atoms with Gasteiger partial charge in [-0.2, -0.15) is 0 Å². The normalized spacial score (nSPS) is 13.5. The fourth-order valence-corrected chi connectivity index (χ4v) is 2.62. The first kappa shape index (κ1) is 19.6. The number of methoxy groups -OCH3 is 1. The van der Waals surface area contributed by atoms with Gasteiger partial charge >= 0.3 is 12.0 Å². The molecule has 0 saturated carbocycles. The molecule has 124 valence electrons. The summed E-state index contributed by atoms with van der Waals surface area (Å²) in [5.74, 6) is -1.17. The molecule has 0 aliphatic heterocycles. The Labute approximate surface area is 124 Å². The second-order valence-electron chi connectivity index (χ2n) is 5.26. The van der Waals surface area contributed by atoms with Gasteiger partial charge in [0.25, 0.3) is 0 Å². The lowest BCUT2D eigenvalue weighted by molar-refractivity contribution is -0.139. The van der Waals surface area contributed by atoms with E-state index in [1.165, 1.54) is 7.11 Å². The average molecular weight is 325 g/mol. The maximum Gasteiger partial charge on any atom is 0.326 e. The smallest absolute Gasteiger partial charge is 0.326 e. The van der Waals surface area contributed by atoms with Crippen molar-refractivity contribution in [3.8, 4) is 0 Å². The number of aliphatic carboxylic acids is 1. The Kier molecular flexibility index (Phi) is 7.61. The lowest BCUT2D eigenvalue weighted by atomic mass is 10.1. The molecule has 0 radical (unpaired) electrons. The van der Waals surface area contributed by atoms with Gasteiger partial charge < -0.3 is 20.5 Å². The molecule has 0 fully saturated rings. The third-order valence-electron chi connectivity index (χ3n) is 2.37. The molecule has 2 amide bonds. The number of carboxylic acid groups (broad SMARTS) is 1.